The van der Waals surface area contributed by atoms with Gasteiger partial charge in [-0.2, -0.15) is 0 Å². The molecule has 0 spiro atoms. The summed E-state index contributed by atoms with van der Waals surface area (Å²) in [5.41, 5.74) is 0.972. The Bertz CT molecular complexity index is 572. The van der Waals surface area contributed by atoms with Crippen molar-refractivity contribution in [3.05, 3.63) is 35.6 Å². The molecule has 2 heterocycles. The predicted octanol–water partition coefficient (Wildman–Crippen LogP) is 1.90. The van der Waals surface area contributed by atoms with E-state index in [2.05, 4.69) is 20.4 Å². The molecule has 8 heteroatoms. The number of hydrogen-bond donors (Lipinski definition) is 2. The van der Waals surface area contributed by atoms with Gasteiger partial charge in [-0.15, -0.1) is 24.8 Å². The minimum Gasteiger partial charge on any atom is -0.355 e. The molecular formula is C19H31Cl2FN4O. The summed E-state index contributed by atoms with van der Waals surface area (Å²) in [7, 11) is 0. The molecular weight excluding hydrogens is 390 g/mol. The zero-order valence-corrected chi connectivity index (χ0v) is 17.3. The molecule has 2 aliphatic heterocycles. The topological polar surface area (TPSA) is 47.6 Å². The molecule has 0 aromatic heterocycles. The number of carbonyl (C=O) groups is 1. The molecule has 2 fully saturated rings. The Morgan fingerprint density at radius 3 is 2.70 bits per heavy atom. The van der Waals surface area contributed by atoms with Gasteiger partial charge in [0.25, 0.3) is 0 Å². The van der Waals surface area contributed by atoms with Crippen molar-refractivity contribution in [3.63, 3.8) is 0 Å². The van der Waals surface area contributed by atoms with Gasteiger partial charge >= 0.3 is 0 Å². The van der Waals surface area contributed by atoms with Crippen molar-refractivity contribution in [2.45, 2.75) is 19.4 Å². The maximum Gasteiger partial charge on any atom is 0.224 e. The van der Waals surface area contributed by atoms with Gasteiger partial charge in [0, 0.05) is 52.4 Å². The minimum atomic E-state index is -0.197. The highest BCUT2D eigenvalue weighted by Gasteiger charge is 2.25. The lowest BCUT2D eigenvalue weighted by Crippen LogP contribution is -2.48. The molecule has 0 aliphatic carbocycles. The van der Waals surface area contributed by atoms with E-state index in [1.54, 1.807) is 12.1 Å². The molecule has 2 aliphatic rings. The summed E-state index contributed by atoms with van der Waals surface area (Å²) in [4.78, 5) is 17.1. The first kappa shape index (κ1) is 24.1. The molecule has 0 bridgehead atoms. The number of carbonyl (C=O) groups excluding carboxylic acids is 1. The summed E-state index contributed by atoms with van der Waals surface area (Å²) in [5.74, 6) is 0.0149. The molecule has 2 N–H and O–H groups in total. The van der Waals surface area contributed by atoms with Crippen molar-refractivity contribution in [1.82, 2.24) is 20.4 Å². The van der Waals surface area contributed by atoms with E-state index in [1.165, 1.54) is 6.07 Å². The number of benzene rings is 1. The van der Waals surface area contributed by atoms with Crippen molar-refractivity contribution >= 4 is 30.7 Å². The zero-order chi connectivity index (χ0) is 17.5. The molecule has 27 heavy (non-hydrogen) atoms. The van der Waals surface area contributed by atoms with Crippen LogP contribution < -0.4 is 10.6 Å². The number of likely N-dealkylation sites (tertiary alicyclic amines) is 1. The van der Waals surface area contributed by atoms with Crippen LogP contribution in [-0.4, -0.2) is 68.1 Å². The van der Waals surface area contributed by atoms with Crippen molar-refractivity contribution in [2.75, 3.05) is 52.4 Å². The van der Waals surface area contributed by atoms with E-state index < -0.39 is 0 Å². The first-order valence-electron chi connectivity index (χ1n) is 9.38. The lowest BCUT2D eigenvalue weighted by molar-refractivity contribution is -0.126. The van der Waals surface area contributed by atoms with Crippen LogP contribution in [0.25, 0.3) is 0 Å². The van der Waals surface area contributed by atoms with Crippen molar-refractivity contribution in [3.8, 4) is 0 Å². The Kier molecular flexibility index (Phi) is 11.2. The Morgan fingerprint density at radius 2 is 1.96 bits per heavy atom. The summed E-state index contributed by atoms with van der Waals surface area (Å²) in [6.07, 6.45) is 1.96. The smallest absolute Gasteiger partial charge is 0.224 e. The van der Waals surface area contributed by atoms with Gasteiger partial charge in [0.15, 0.2) is 0 Å². The van der Waals surface area contributed by atoms with Gasteiger partial charge < -0.3 is 10.6 Å². The summed E-state index contributed by atoms with van der Waals surface area (Å²) in [6.45, 7) is 8.27. The highest BCUT2D eigenvalue weighted by Crippen LogP contribution is 2.19. The van der Waals surface area contributed by atoms with E-state index in [-0.39, 0.29) is 42.5 Å². The SMILES string of the molecule is Cl.Cl.O=C(NCCN1CCNCC1)C1CCCN(Cc2cccc(F)c2)C1. The number of amides is 1. The lowest BCUT2D eigenvalue weighted by atomic mass is 9.96. The van der Waals surface area contributed by atoms with Crippen LogP contribution in [0.15, 0.2) is 24.3 Å². The Labute approximate surface area is 173 Å². The third-order valence-electron chi connectivity index (χ3n) is 5.11. The van der Waals surface area contributed by atoms with Crippen LogP contribution in [0.1, 0.15) is 18.4 Å². The van der Waals surface area contributed by atoms with Crippen molar-refractivity contribution < 1.29 is 9.18 Å². The van der Waals surface area contributed by atoms with Gasteiger partial charge in [-0.1, -0.05) is 12.1 Å². The fourth-order valence-electron chi connectivity index (χ4n) is 3.72. The van der Waals surface area contributed by atoms with Gasteiger partial charge in [0.2, 0.25) is 5.91 Å². The van der Waals surface area contributed by atoms with Crippen LogP contribution in [0.2, 0.25) is 0 Å². The maximum absolute atomic E-state index is 13.3. The maximum atomic E-state index is 13.3. The van der Waals surface area contributed by atoms with E-state index >= 15 is 0 Å². The van der Waals surface area contributed by atoms with Gasteiger partial charge in [0.05, 0.1) is 5.92 Å². The second-order valence-electron chi connectivity index (χ2n) is 7.09. The van der Waals surface area contributed by atoms with Crippen LogP contribution in [0.5, 0.6) is 0 Å². The summed E-state index contributed by atoms with van der Waals surface area (Å²) < 4.78 is 13.3. The third kappa shape index (κ3) is 7.92. The highest BCUT2D eigenvalue weighted by molar-refractivity contribution is 5.85. The summed E-state index contributed by atoms with van der Waals surface area (Å²) >= 11 is 0. The second kappa shape index (κ2) is 12.5. The quantitative estimate of drug-likeness (QED) is 0.737. The Morgan fingerprint density at radius 1 is 1.19 bits per heavy atom. The van der Waals surface area contributed by atoms with Gasteiger partial charge in [-0.25, -0.2) is 4.39 Å². The molecule has 1 aromatic carbocycles. The number of nitrogens with zero attached hydrogens (tertiary/aromatic N) is 2. The van der Waals surface area contributed by atoms with E-state index in [1.807, 2.05) is 6.07 Å². The minimum absolute atomic E-state index is 0. The number of piperidine rings is 1. The average molecular weight is 421 g/mol. The molecule has 1 atom stereocenters. The van der Waals surface area contributed by atoms with Crippen LogP contribution in [0, 0.1) is 11.7 Å². The van der Waals surface area contributed by atoms with E-state index in [4.69, 9.17) is 0 Å². The number of hydrogen-bond acceptors (Lipinski definition) is 4. The molecule has 154 valence electrons. The standard InChI is InChI=1S/C19H29FN4O.2ClH/c20-18-5-1-3-16(13-18)14-24-9-2-4-17(15-24)19(25)22-8-12-23-10-6-21-7-11-23;;/h1,3,5,13,17,21H,2,4,6-12,14-15H2,(H,22,25);2*1H. The molecule has 2 saturated heterocycles. The van der Waals surface area contributed by atoms with Crippen LogP contribution >= 0.6 is 24.8 Å². The molecule has 0 saturated carbocycles. The number of nitrogens with one attached hydrogen (secondary N) is 2. The molecule has 5 nitrogen and oxygen atoms in total. The van der Waals surface area contributed by atoms with Gasteiger partial charge in [-0.05, 0) is 37.1 Å². The summed E-state index contributed by atoms with van der Waals surface area (Å²) in [5, 5.41) is 6.44. The molecule has 1 amide bonds. The van der Waals surface area contributed by atoms with Crippen molar-refractivity contribution in [2.24, 2.45) is 5.92 Å². The normalized spacial score (nSPS) is 21.0. The Hall–Kier alpha value is -0.920. The fraction of sp³-hybridized carbons (Fsp3) is 0.632. The molecule has 3 rings (SSSR count). The second-order valence-corrected chi connectivity index (χ2v) is 7.09. The number of halogens is 3. The monoisotopic (exact) mass is 420 g/mol. The number of piperazine rings is 1. The largest absolute Gasteiger partial charge is 0.355 e. The highest BCUT2D eigenvalue weighted by atomic mass is 35.5. The Balaban J connectivity index is 0.00000182. The van der Waals surface area contributed by atoms with Crippen LogP contribution in [0.4, 0.5) is 4.39 Å². The van der Waals surface area contributed by atoms with Crippen LogP contribution in [0.3, 0.4) is 0 Å². The van der Waals surface area contributed by atoms with Gasteiger partial charge in [-0.3, -0.25) is 14.6 Å². The average Bonchev–Trinajstić information content (AvgIpc) is 2.63. The van der Waals surface area contributed by atoms with Crippen molar-refractivity contribution in [1.29, 1.82) is 0 Å². The lowest BCUT2D eigenvalue weighted by Gasteiger charge is -2.32. The zero-order valence-electron chi connectivity index (χ0n) is 15.7. The van der Waals surface area contributed by atoms with Gasteiger partial charge in [0.1, 0.15) is 5.82 Å². The van der Waals surface area contributed by atoms with Crippen LogP contribution in [-0.2, 0) is 11.3 Å². The first-order chi connectivity index (χ1) is 12.2. The predicted molar refractivity (Wildman–Crippen MR) is 111 cm³/mol. The number of rotatable bonds is 6. The molecule has 0 radical (unpaired) electrons. The van der Waals surface area contributed by atoms with E-state index in [0.717, 1.165) is 70.8 Å². The van der Waals surface area contributed by atoms with E-state index in [9.17, 15) is 9.18 Å². The first-order valence-corrected chi connectivity index (χ1v) is 9.38. The fourth-order valence-corrected chi connectivity index (χ4v) is 3.72. The molecule has 1 aromatic rings. The molecule has 1 unspecified atom stereocenters. The van der Waals surface area contributed by atoms with E-state index in [0.29, 0.717) is 6.54 Å². The summed E-state index contributed by atoms with van der Waals surface area (Å²) in [6, 6.07) is 6.74. The third-order valence-corrected chi connectivity index (χ3v) is 5.11.